The van der Waals surface area contributed by atoms with Crippen molar-refractivity contribution in [3.8, 4) is 0 Å². The molecule has 1 amide bonds. The van der Waals surface area contributed by atoms with Gasteiger partial charge >= 0.3 is 6.09 Å². The normalized spacial score (nSPS) is 21.4. The molecule has 6 nitrogen and oxygen atoms in total. The van der Waals surface area contributed by atoms with Crippen LogP contribution in [0.1, 0.15) is 52.5 Å². The van der Waals surface area contributed by atoms with Crippen LogP contribution in [0.4, 0.5) is 4.79 Å². The summed E-state index contributed by atoms with van der Waals surface area (Å²) in [5.41, 5.74) is 0.589. The van der Waals surface area contributed by atoms with E-state index in [-0.39, 0.29) is 24.7 Å². The molecule has 0 aliphatic carbocycles. The lowest BCUT2D eigenvalue weighted by Crippen LogP contribution is -2.41. The Morgan fingerprint density at radius 3 is 2.65 bits per heavy atom. The Labute approximate surface area is 153 Å². The van der Waals surface area contributed by atoms with Crippen LogP contribution in [-0.2, 0) is 4.74 Å². The zero-order valence-electron chi connectivity index (χ0n) is 14.4. The molecule has 0 bridgehead atoms. The van der Waals surface area contributed by atoms with E-state index in [1.165, 1.54) is 0 Å². The second-order valence-corrected chi connectivity index (χ2v) is 8.28. The minimum Gasteiger partial charge on any atom is -0.444 e. The van der Waals surface area contributed by atoms with Crippen LogP contribution in [0.25, 0.3) is 0 Å². The summed E-state index contributed by atoms with van der Waals surface area (Å²) < 4.78 is 7.31. The molecule has 3 atom stereocenters. The SMILES string of the molecule is CC.CC(C)(C)OC(=O)N1CC(c2cnn(PI)c2)CC1CO. The third-order valence-corrected chi connectivity index (χ3v) is 5.31. The molecule has 0 radical (unpaired) electrons. The molecule has 2 rings (SSSR count). The minimum absolute atomic E-state index is 0.0437. The van der Waals surface area contributed by atoms with Crippen molar-refractivity contribution in [1.82, 2.24) is 14.5 Å². The first-order valence-electron chi connectivity index (χ1n) is 7.85. The fraction of sp³-hybridized carbons (Fsp3) is 0.733. The molecule has 132 valence electrons. The van der Waals surface area contributed by atoms with E-state index in [0.717, 1.165) is 12.0 Å². The van der Waals surface area contributed by atoms with E-state index in [1.54, 1.807) is 4.90 Å². The molecule has 3 unspecified atom stereocenters. The van der Waals surface area contributed by atoms with E-state index in [9.17, 15) is 9.90 Å². The second-order valence-electron chi connectivity index (χ2n) is 6.20. The van der Waals surface area contributed by atoms with E-state index in [4.69, 9.17) is 4.74 Å². The van der Waals surface area contributed by atoms with Crippen LogP contribution >= 0.6 is 28.4 Å². The first kappa shape index (κ1) is 20.6. The lowest BCUT2D eigenvalue weighted by Gasteiger charge is -2.27. The number of hydrogen-bond donors (Lipinski definition) is 1. The van der Waals surface area contributed by atoms with E-state index in [1.807, 2.05) is 51.5 Å². The summed E-state index contributed by atoms with van der Waals surface area (Å²) in [6, 6.07) is -0.185. The van der Waals surface area contributed by atoms with Crippen LogP contribution in [0, 0.1) is 0 Å². The fourth-order valence-electron chi connectivity index (χ4n) is 2.47. The monoisotopic (exact) mass is 455 g/mol. The van der Waals surface area contributed by atoms with Crippen molar-refractivity contribution in [2.75, 3.05) is 13.2 Å². The van der Waals surface area contributed by atoms with Crippen molar-refractivity contribution >= 4 is 34.5 Å². The average molecular weight is 455 g/mol. The van der Waals surface area contributed by atoms with Crippen molar-refractivity contribution in [3.63, 3.8) is 0 Å². The van der Waals surface area contributed by atoms with Crippen molar-refractivity contribution in [2.24, 2.45) is 0 Å². The molecular weight excluding hydrogens is 428 g/mol. The number of aromatic nitrogens is 2. The maximum atomic E-state index is 12.2. The molecule has 0 spiro atoms. The number of aliphatic hydroxyl groups is 1. The molecule has 1 saturated heterocycles. The highest BCUT2D eigenvalue weighted by Crippen LogP contribution is 2.34. The van der Waals surface area contributed by atoms with Gasteiger partial charge in [-0.15, -0.1) is 0 Å². The van der Waals surface area contributed by atoms with Crippen LogP contribution in [0.3, 0.4) is 0 Å². The van der Waals surface area contributed by atoms with Gasteiger partial charge in [0.15, 0.2) is 0 Å². The first-order valence-corrected chi connectivity index (χ1v) is 11.9. The number of carbonyl (C=O) groups is 1. The maximum Gasteiger partial charge on any atom is 0.410 e. The van der Waals surface area contributed by atoms with Crippen LogP contribution in [0.2, 0.25) is 0 Å². The number of nitrogens with zero attached hydrogens (tertiary/aromatic N) is 3. The second kappa shape index (κ2) is 9.18. The van der Waals surface area contributed by atoms with Crippen molar-refractivity contribution < 1.29 is 14.6 Å². The number of amides is 1. The number of hydrogen-bond acceptors (Lipinski definition) is 4. The Balaban J connectivity index is 0.00000127. The highest BCUT2D eigenvalue weighted by molar-refractivity contribution is 14.2. The molecule has 1 aromatic heterocycles. The number of carbonyl (C=O) groups excluding carboxylic acids is 1. The van der Waals surface area contributed by atoms with Crippen LogP contribution in [0.15, 0.2) is 12.4 Å². The Hall–Kier alpha value is -0.400. The van der Waals surface area contributed by atoms with Gasteiger partial charge in [0.1, 0.15) is 5.60 Å². The van der Waals surface area contributed by atoms with Crippen LogP contribution < -0.4 is 0 Å². The van der Waals surface area contributed by atoms with Crippen molar-refractivity contribution in [1.29, 1.82) is 0 Å². The van der Waals surface area contributed by atoms with Gasteiger partial charge in [0.2, 0.25) is 0 Å². The maximum absolute atomic E-state index is 12.2. The lowest BCUT2D eigenvalue weighted by molar-refractivity contribution is 0.0174. The molecule has 2 heterocycles. The summed E-state index contributed by atoms with van der Waals surface area (Å²) in [5, 5.41) is 13.8. The van der Waals surface area contributed by atoms with Crippen LogP contribution in [0.5, 0.6) is 0 Å². The van der Waals surface area contributed by atoms with Gasteiger partial charge in [-0.3, -0.25) is 0 Å². The van der Waals surface area contributed by atoms with Gasteiger partial charge in [0.25, 0.3) is 0 Å². The Kier molecular flexibility index (Phi) is 8.24. The van der Waals surface area contributed by atoms with E-state index >= 15 is 0 Å². The number of ether oxygens (including phenoxy) is 1. The predicted octanol–water partition coefficient (Wildman–Crippen LogP) is 3.79. The topological polar surface area (TPSA) is 67.6 Å². The molecule has 1 aliphatic heterocycles. The molecule has 0 saturated carbocycles. The van der Waals surface area contributed by atoms with Crippen LogP contribution in [-0.4, -0.2) is 50.4 Å². The summed E-state index contributed by atoms with van der Waals surface area (Å²) in [4.78, 5) is 13.9. The van der Waals surface area contributed by atoms with Gasteiger partial charge in [-0.25, -0.2) is 9.25 Å². The smallest absolute Gasteiger partial charge is 0.410 e. The predicted molar refractivity (Wildman–Crippen MR) is 102 cm³/mol. The zero-order valence-corrected chi connectivity index (χ0v) is 17.6. The number of aliphatic hydroxyl groups excluding tert-OH is 1. The largest absolute Gasteiger partial charge is 0.444 e. The third-order valence-electron chi connectivity index (χ3n) is 3.41. The van der Waals surface area contributed by atoms with E-state index < -0.39 is 5.60 Å². The number of rotatable bonds is 3. The van der Waals surface area contributed by atoms with E-state index in [2.05, 4.69) is 27.1 Å². The third kappa shape index (κ3) is 5.87. The van der Waals surface area contributed by atoms with Gasteiger partial charge in [0, 0.05) is 18.7 Å². The molecule has 1 fully saturated rings. The molecule has 8 heteroatoms. The molecule has 1 aliphatic rings. The van der Waals surface area contributed by atoms with Gasteiger partial charge < -0.3 is 14.7 Å². The highest BCUT2D eigenvalue weighted by Gasteiger charge is 2.38. The molecule has 23 heavy (non-hydrogen) atoms. The summed E-state index contributed by atoms with van der Waals surface area (Å²) in [6.07, 6.45) is 4.82. The van der Waals surface area contributed by atoms with E-state index in [0.29, 0.717) is 12.9 Å². The summed E-state index contributed by atoms with van der Waals surface area (Å²) in [5.74, 6) is 0.205. The molecule has 0 aromatic carbocycles. The first-order chi connectivity index (χ1) is 10.8. The number of halogens is 1. The van der Waals surface area contributed by atoms with Gasteiger partial charge in [-0.2, -0.15) is 5.10 Å². The number of likely N-dealkylation sites (tertiary alicyclic amines) is 1. The van der Waals surface area contributed by atoms with Gasteiger partial charge in [0.05, 0.1) is 25.2 Å². The van der Waals surface area contributed by atoms with Gasteiger partial charge in [-0.05, 0) is 54.8 Å². The summed E-state index contributed by atoms with van der Waals surface area (Å²) >= 11 is 2.27. The fourth-order valence-corrected chi connectivity index (χ4v) is 3.56. The van der Waals surface area contributed by atoms with Gasteiger partial charge in [-0.1, -0.05) is 13.8 Å². The molecule has 1 N–H and O–H groups in total. The average Bonchev–Trinajstić information content (AvgIpc) is 3.13. The molecular formula is C15H27IN3O3P. The lowest BCUT2D eigenvalue weighted by atomic mass is 10.00. The Morgan fingerprint density at radius 1 is 1.52 bits per heavy atom. The standard InChI is InChI=1S/C13H21IN3O3P.C2H6/c1-13(2,3)20-12(19)16-6-9(4-11(16)8-18)10-5-15-17(7-10)21-14;1-2/h5,7,9,11,18,21H,4,6,8H2,1-3H3;1-2H3. The summed E-state index contributed by atoms with van der Waals surface area (Å²) in [7, 11) is 0. The van der Waals surface area contributed by atoms with Crippen molar-refractivity contribution in [2.45, 2.75) is 58.6 Å². The Bertz CT molecular complexity index is 504. The zero-order chi connectivity index (χ0) is 17.6. The Morgan fingerprint density at radius 2 is 2.17 bits per heavy atom. The minimum atomic E-state index is -0.525. The molecule has 1 aromatic rings. The van der Waals surface area contributed by atoms with Crippen molar-refractivity contribution in [3.05, 3.63) is 18.0 Å². The highest BCUT2D eigenvalue weighted by atomic mass is 127. The quantitative estimate of drug-likeness (QED) is 0.557. The summed E-state index contributed by atoms with van der Waals surface area (Å²) in [6.45, 7) is 10.1.